The molecule has 1 heterocycles. The molecule has 292 valence electrons. The van der Waals surface area contributed by atoms with E-state index in [0.29, 0.717) is 0 Å². The Morgan fingerprint density at radius 2 is 0.917 bits per heavy atom. The topological polar surface area (TPSA) is 8.17 Å². The van der Waals surface area contributed by atoms with Gasteiger partial charge in [-0.1, -0.05) is 163 Å². The Morgan fingerprint density at radius 3 is 1.50 bits per heavy atom. The lowest BCUT2D eigenvalue weighted by atomic mass is 9.67. The summed E-state index contributed by atoms with van der Waals surface area (Å²) in [5.74, 6) is 0. The van der Waals surface area contributed by atoms with Crippen molar-refractivity contribution in [1.29, 1.82) is 0 Å². The van der Waals surface area contributed by atoms with Crippen LogP contribution in [0.4, 0.5) is 17.1 Å². The van der Waals surface area contributed by atoms with Crippen LogP contribution in [0.5, 0.6) is 0 Å². The molecule has 2 heteroatoms. The second-order valence-electron chi connectivity index (χ2n) is 19.0. The number of hydrogen-bond acceptors (Lipinski definition) is 1. The first-order chi connectivity index (χ1) is 29.0. The molecule has 0 unspecified atom stereocenters. The summed E-state index contributed by atoms with van der Waals surface area (Å²) in [5, 5.41) is 2.54. The molecular weight excluding hydrogens is 725 g/mol. The Hall–Kier alpha value is -6.64. The fraction of sp³-hybridized carbons (Fsp3) is 0.172. The van der Waals surface area contributed by atoms with E-state index in [1.54, 1.807) is 0 Å². The van der Waals surface area contributed by atoms with Gasteiger partial charge in [-0.05, 0) is 134 Å². The molecule has 2 aliphatic rings. The Morgan fingerprint density at radius 1 is 0.433 bits per heavy atom. The second kappa shape index (κ2) is 12.9. The average Bonchev–Trinajstić information content (AvgIpc) is 3.86. The Kier molecular flexibility index (Phi) is 7.85. The van der Waals surface area contributed by atoms with E-state index in [1.807, 2.05) is 0 Å². The highest BCUT2D eigenvalue weighted by molar-refractivity contribution is 6.09. The molecule has 0 saturated heterocycles. The molecule has 0 bridgehead atoms. The van der Waals surface area contributed by atoms with Gasteiger partial charge in [-0.3, -0.25) is 0 Å². The highest BCUT2D eigenvalue weighted by Crippen LogP contribution is 2.65. The van der Waals surface area contributed by atoms with E-state index in [1.165, 1.54) is 88.7 Å². The zero-order valence-electron chi connectivity index (χ0n) is 35.6. The third-order valence-electron chi connectivity index (χ3n) is 13.5. The number of aromatic nitrogens is 1. The van der Waals surface area contributed by atoms with E-state index in [0.717, 1.165) is 17.1 Å². The summed E-state index contributed by atoms with van der Waals surface area (Å²) in [5.41, 5.74) is 21.4. The maximum absolute atomic E-state index is 2.55. The lowest BCUT2D eigenvalue weighted by molar-refractivity contribution is 0.586. The molecule has 2 aliphatic carbocycles. The van der Waals surface area contributed by atoms with Gasteiger partial charge in [0.25, 0.3) is 0 Å². The van der Waals surface area contributed by atoms with Crippen molar-refractivity contribution in [3.63, 3.8) is 0 Å². The average molecular weight is 775 g/mol. The van der Waals surface area contributed by atoms with Crippen LogP contribution in [0.1, 0.15) is 80.5 Å². The molecule has 0 fully saturated rings. The predicted molar refractivity (Wildman–Crippen MR) is 254 cm³/mol. The molecule has 2 nitrogen and oxygen atoms in total. The van der Waals surface area contributed by atoms with Crippen molar-refractivity contribution in [1.82, 2.24) is 4.57 Å². The van der Waals surface area contributed by atoms with Crippen molar-refractivity contribution in [3.8, 4) is 27.9 Å². The quantitative estimate of drug-likeness (QED) is 0.173. The maximum atomic E-state index is 2.55. The minimum absolute atomic E-state index is 0.00505. The van der Waals surface area contributed by atoms with Crippen molar-refractivity contribution in [2.45, 2.75) is 64.7 Å². The van der Waals surface area contributed by atoms with Crippen LogP contribution in [0.2, 0.25) is 0 Å². The fourth-order valence-electron chi connectivity index (χ4n) is 10.6. The third-order valence-corrected chi connectivity index (χ3v) is 13.5. The largest absolute Gasteiger partial charge is 0.310 e. The molecule has 9 aromatic rings. The van der Waals surface area contributed by atoms with Crippen LogP contribution in [0, 0.1) is 6.92 Å². The molecule has 60 heavy (non-hydrogen) atoms. The number of fused-ring (bicyclic) bond motifs is 13. The molecular formula is C58H50N2. The Labute approximate surface area is 354 Å². The third kappa shape index (κ3) is 5.13. The van der Waals surface area contributed by atoms with Crippen molar-refractivity contribution in [2.24, 2.45) is 0 Å². The first-order valence-electron chi connectivity index (χ1n) is 21.4. The summed E-state index contributed by atoms with van der Waals surface area (Å²) in [4.78, 5) is 2.47. The lowest BCUT2D eigenvalue weighted by Crippen LogP contribution is -2.28. The van der Waals surface area contributed by atoms with Crippen LogP contribution in [0.3, 0.4) is 0 Å². The van der Waals surface area contributed by atoms with E-state index in [2.05, 4.69) is 234 Å². The Balaban J connectivity index is 1.17. The molecule has 0 N–H and O–H groups in total. The molecule has 11 rings (SSSR count). The summed E-state index contributed by atoms with van der Waals surface area (Å²) in [6, 6.07) is 66.2. The molecule has 0 atom stereocenters. The number of anilines is 3. The van der Waals surface area contributed by atoms with Gasteiger partial charge in [0.1, 0.15) is 0 Å². The monoisotopic (exact) mass is 774 g/mol. The highest BCUT2D eigenvalue weighted by atomic mass is 15.1. The first-order valence-corrected chi connectivity index (χ1v) is 21.4. The standard InChI is InChI=1S/C58H50N2/c1-37-52(59(40-17-9-8-10-18-40)41-27-29-42(30-28-41)60-53-23-15-12-20-46(53)47-21-13-16-24-54(47)60)34-33-48-43-19-11-14-22-49(43)58(55(37)48)50-35-38(56(2,3)4)25-31-44(50)45-32-26-39(36-51(45)58)57(5,6)7/h8-36H,1-7H3. The van der Waals surface area contributed by atoms with E-state index >= 15 is 0 Å². The van der Waals surface area contributed by atoms with E-state index < -0.39 is 5.41 Å². The van der Waals surface area contributed by atoms with Crippen LogP contribution in [0.15, 0.2) is 176 Å². The van der Waals surface area contributed by atoms with Gasteiger partial charge in [0.2, 0.25) is 0 Å². The van der Waals surface area contributed by atoms with E-state index in [4.69, 9.17) is 0 Å². The van der Waals surface area contributed by atoms with Gasteiger partial charge in [0.15, 0.2) is 0 Å². The number of rotatable bonds is 4. The van der Waals surface area contributed by atoms with Crippen molar-refractivity contribution >= 4 is 38.9 Å². The van der Waals surface area contributed by atoms with Crippen molar-refractivity contribution in [3.05, 3.63) is 215 Å². The first kappa shape index (κ1) is 36.4. The normalized spacial score (nSPS) is 13.7. The number of hydrogen-bond donors (Lipinski definition) is 0. The number of para-hydroxylation sites is 3. The number of benzene rings is 8. The van der Waals surface area contributed by atoms with Gasteiger partial charge in [-0.25, -0.2) is 0 Å². The van der Waals surface area contributed by atoms with Gasteiger partial charge in [0, 0.05) is 33.5 Å². The minimum Gasteiger partial charge on any atom is -0.310 e. The smallest absolute Gasteiger partial charge is 0.0729 e. The predicted octanol–water partition coefficient (Wildman–Crippen LogP) is 15.5. The lowest BCUT2D eigenvalue weighted by Gasteiger charge is -2.35. The van der Waals surface area contributed by atoms with Crippen LogP contribution in [-0.4, -0.2) is 4.57 Å². The zero-order chi connectivity index (χ0) is 41.1. The number of nitrogens with zero attached hydrogens (tertiary/aromatic N) is 2. The van der Waals surface area contributed by atoms with Crippen molar-refractivity contribution in [2.75, 3.05) is 4.90 Å². The molecule has 8 aromatic carbocycles. The highest BCUT2D eigenvalue weighted by Gasteiger charge is 2.53. The van der Waals surface area contributed by atoms with Gasteiger partial charge >= 0.3 is 0 Å². The summed E-state index contributed by atoms with van der Waals surface area (Å²) < 4.78 is 2.40. The van der Waals surface area contributed by atoms with Gasteiger partial charge in [-0.15, -0.1) is 0 Å². The fourth-order valence-corrected chi connectivity index (χ4v) is 10.6. The molecule has 0 saturated carbocycles. The second-order valence-corrected chi connectivity index (χ2v) is 19.0. The molecule has 0 aliphatic heterocycles. The summed E-state index contributed by atoms with van der Waals surface area (Å²) in [6.45, 7) is 16.4. The molecule has 1 aromatic heterocycles. The van der Waals surface area contributed by atoms with Gasteiger partial charge in [0.05, 0.1) is 16.4 Å². The van der Waals surface area contributed by atoms with Crippen LogP contribution < -0.4 is 4.90 Å². The Bertz CT molecular complexity index is 3050. The zero-order valence-corrected chi connectivity index (χ0v) is 35.6. The molecule has 1 spiro atoms. The van der Waals surface area contributed by atoms with Crippen LogP contribution in [-0.2, 0) is 16.2 Å². The van der Waals surface area contributed by atoms with Gasteiger partial charge < -0.3 is 9.47 Å². The minimum atomic E-state index is -0.484. The SMILES string of the molecule is Cc1c(N(c2ccccc2)c2ccc(-n3c4ccccc4c4ccccc43)cc2)ccc2c1C1(c3cc(C(C)(C)C)ccc3-c3ccc(C(C)(C)C)cc31)c1ccccc1-2. The molecule has 0 radical (unpaired) electrons. The molecule has 0 amide bonds. The van der Waals surface area contributed by atoms with Gasteiger partial charge in [-0.2, -0.15) is 0 Å². The maximum Gasteiger partial charge on any atom is 0.0729 e. The van der Waals surface area contributed by atoms with E-state index in [9.17, 15) is 0 Å². The van der Waals surface area contributed by atoms with Crippen LogP contribution >= 0.6 is 0 Å². The summed E-state index contributed by atoms with van der Waals surface area (Å²) >= 11 is 0. The summed E-state index contributed by atoms with van der Waals surface area (Å²) in [7, 11) is 0. The summed E-state index contributed by atoms with van der Waals surface area (Å²) in [6.07, 6.45) is 0. The van der Waals surface area contributed by atoms with Crippen LogP contribution in [0.25, 0.3) is 49.7 Å². The van der Waals surface area contributed by atoms with E-state index in [-0.39, 0.29) is 10.8 Å². The van der Waals surface area contributed by atoms with Crippen molar-refractivity contribution < 1.29 is 0 Å².